The van der Waals surface area contributed by atoms with Gasteiger partial charge < -0.3 is 10.1 Å². The SMILES string of the molecule is CNc1cc(-c2ccc(OC)c(C)c2)n(C)n1. The summed E-state index contributed by atoms with van der Waals surface area (Å²) in [5.74, 6) is 1.78. The smallest absolute Gasteiger partial charge is 0.148 e. The topological polar surface area (TPSA) is 39.1 Å². The van der Waals surface area contributed by atoms with Crippen LogP contribution in [0.4, 0.5) is 5.82 Å². The van der Waals surface area contributed by atoms with Gasteiger partial charge in [0.25, 0.3) is 0 Å². The van der Waals surface area contributed by atoms with E-state index in [4.69, 9.17) is 4.74 Å². The molecule has 0 atom stereocenters. The Hall–Kier alpha value is -1.97. The van der Waals surface area contributed by atoms with E-state index in [2.05, 4.69) is 16.5 Å². The standard InChI is InChI=1S/C13H17N3O/c1-9-7-10(5-6-12(9)17-4)11-8-13(14-2)15-16(11)3/h5-8H,1-4H3,(H,14,15). The van der Waals surface area contributed by atoms with E-state index in [0.717, 1.165) is 28.4 Å². The molecule has 4 nitrogen and oxygen atoms in total. The van der Waals surface area contributed by atoms with Crippen molar-refractivity contribution in [2.24, 2.45) is 7.05 Å². The number of nitrogens with one attached hydrogen (secondary N) is 1. The zero-order valence-corrected chi connectivity index (χ0v) is 10.6. The van der Waals surface area contributed by atoms with Gasteiger partial charge in [-0.1, -0.05) is 0 Å². The van der Waals surface area contributed by atoms with Crippen LogP contribution in [0.1, 0.15) is 5.56 Å². The van der Waals surface area contributed by atoms with Gasteiger partial charge in [0, 0.05) is 25.7 Å². The summed E-state index contributed by atoms with van der Waals surface area (Å²) in [6, 6.07) is 8.16. The Morgan fingerprint density at radius 1 is 1.29 bits per heavy atom. The van der Waals surface area contributed by atoms with Crippen LogP contribution < -0.4 is 10.1 Å². The van der Waals surface area contributed by atoms with E-state index >= 15 is 0 Å². The number of nitrogens with zero attached hydrogens (tertiary/aromatic N) is 2. The second-order valence-electron chi connectivity index (χ2n) is 3.97. The summed E-state index contributed by atoms with van der Waals surface area (Å²) < 4.78 is 7.13. The highest BCUT2D eigenvalue weighted by Crippen LogP contribution is 2.27. The van der Waals surface area contributed by atoms with Gasteiger partial charge in [-0.3, -0.25) is 4.68 Å². The molecule has 0 unspecified atom stereocenters. The van der Waals surface area contributed by atoms with Crippen molar-refractivity contribution >= 4 is 5.82 Å². The van der Waals surface area contributed by atoms with Crippen LogP contribution in [0.3, 0.4) is 0 Å². The Morgan fingerprint density at radius 2 is 2.06 bits per heavy atom. The van der Waals surface area contributed by atoms with Crippen LogP contribution in [-0.2, 0) is 7.05 Å². The predicted molar refractivity (Wildman–Crippen MR) is 69.5 cm³/mol. The van der Waals surface area contributed by atoms with E-state index < -0.39 is 0 Å². The Kier molecular flexibility index (Phi) is 3.04. The second-order valence-corrected chi connectivity index (χ2v) is 3.97. The molecule has 2 rings (SSSR count). The monoisotopic (exact) mass is 231 g/mol. The molecule has 1 aromatic carbocycles. The first-order chi connectivity index (χ1) is 8.15. The van der Waals surface area contributed by atoms with Crippen LogP contribution in [0.15, 0.2) is 24.3 Å². The van der Waals surface area contributed by atoms with E-state index in [9.17, 15) is 0 Å². The van der Waals surface area contributed by atoms with E-state index in [-0.39, 0.29) is 0 Å². The van der Waals surface area contributed by atoms with Crippen LogP contribution in [0.5, 0.6) is 5.75 Å². The molecule has 2 aromatic rings. The molecule has 0 saturated heterocycles. The number of anilines is 1. The maximum absolute atomic E-state index is 5.26. The number of hydrogen-bond donors (Lipinski definition) is 1. The number of methoxy groups -OCH3 is 1. The maximum Gasteiger partial charge on any atom is 0.148 e. The largest absolute Gasteiger partial charge is 0.496 e. The number of aromatic nitrogens is 2. The van der Waals surface area contributed by atoms with Crippen LogP contribution in [0, 0.1) is 6.92 Å². The summed E-state index contributed by atoms with van der Waals surface area (Å²) in [6.45, 7) is 2.04. The summed E-state index contributed by atoms with van der Waals surface area (Å²) in [4.78, 5) is 0. The van der Waals surface area contributed by atoms with Gasteiger partial charge in [0.2, 0.25) is 0 Å². The number of ether oxygens (including phenoxy) is 1. The molecule has 1 heterocycles. The molecular formula is C13H17N3O. The Labute approximate surface area is 101 Å². The van der Waals surface area contributed by atoms with Crippen molar-refractivity contribution in [3.05, 3.63) is 29.8 Å². The van der Waals surface area contributed by atoms with Gasteiger partial charge in [-0.05, 0) is 30.7 Å². The fourth-order valence-electron chi connectivity index (χ4n) is 1.90. The third-order valence-corrected chi connectivity index (χ3v) is 2.83. The van der Waals surface area contributed by atoms with Crippen molar-refractivity contribution in [3.63, 3.8) is 0 Å². The zero-order chi connectivity index (χ0) is 12.4. The van der Waals surface area contributed by atoms with E-state index in [1.54, 1.807) is 7.11 Å². The molecule has 0 spiro atoms. The number of aryl methyl sites for hydroxylation is 2. The van der Waals surface area contributed by atoms with Gasteiger partial charge in [-0.25, -0.2) is 0 Å². The molecule has 0 radical (unpaired) electrons. The highest BCUT2D eigenvalue weighted by atomic mass is 16.5. The molecule has 0 saturated carbocycles. The highest BCUT2D eigenvalue weighted by Gasteiger charge is 2.08. The van der Waals surface area contributed by atoms with Crippen LogP contribution in [-0.4, -0.2) is 23.9 Å². The van der Waals surface area contributed by atoms with Gasteiger partial charge >= 0.3 is 0 Å². The molecule has 17 heavy (non-hydrogen) atoms. The molecule has 0 aliphatic carbocycles. The molecule has 1 aromatic heterocycles. The number of benzene rings is 1. The summed E-state index contributed by atoms with van der Waals surface area (Å²) >= 11 is 0. The quantitative estimate of drug-likeness (QED) is 0.881. The molecule has 0 amide bonds. The third-order valence-electron chi connectivity index (χ3n) is 2.83. The zero-order valence-electron chi connectivity index (χ0n) is 10.6. The molecular weight excluding hydrogens is 214 g/mol. The Morgan fingerprint density at radius 3 is 2.59 bits per heavy atom. The van der Waals surface area contributed by atoms with Gasteiger partial charge in [-0.15, -0.1) is 0 Å². The van der Waals surface area contributed by atoms with Crippen molar-refractivity contribution in [2.45, 2.75) is 6.92 Å². The average molecular weight is 231 g/mol. The Bertz CT molecular complexity index is 531. The summed E-state index contributed by atoms with van der Waals surface area (Å²) in [6.07, 6.45) is 0. The fourth-order valence-corrected chi connectivity index (χ4v) is 1.90. The molecule has 0 bridgehead atoms. The van der Waals surface area contributed by atoms with Crippen molar-refractivity contribution in [1.82, 2.24) is 9.78 Å². The fraction of sp³-hybridized carbons (Fsp3) is 0.308. The lowest BCUT2D eigenvalue weighted by Crippen LogP contribution is -1.95. The predicted octanol–water partition coefficient (Wildman–Crippen LogP) is 2.45. The molecule has 90 valence electrons. The highest BCUT2D eigenvalue weighted by molar-refractivity contribution is 5.65. The minimum absolute atomic E-state index is 0.871. The van der Waals surface area contributed by atoms with Gasteiger partial charge in [0.05, 0.1) is 12.8 Å². The minimum atomic E-state index is 0.871. The van der Waals surface area contributed by atoms with E-state index in [1.807, 2.05) is 43.9 Å². The average Bonchev–Trinajstić information content (AvgIpc) is 2.70. The third kappa shape index (κ3) is 2.11. The van der Waals surface area contributed by atoms with E-state index in [0.29, 0.717) is 0 Å². The van der Waals surface area contributed by atoms with Crippen LogP contribution in [0.25, 0.3) is 11.3 Å². The lowest BCUT2D eigenvalue weighted by atomic mass is 10.1. The Balaban J connectivity index is 2.45. The van der Waals surface area contributed by atoms with Crippen molar-refractivity contribution < 1.29 is 4.74 Å². The first kappa shape index (κ1) is 11.5. The van der Waals surface area contributed by atoms with Gasteiger partial charge in [0.15, 0.2) is 0 Å². The first-order valence-electron chi connectivity index (χ1n) is 5.52. The summed E-state index contributed by atoms with van der Waals surface area (Å²) in [5, 5.41) is 7.39. The van der Waals surface area contributed by atoms with Crippen molar-refractivity contribution in [1.29, 1.82) is 0 Å². The van der Waals surface area contributed by atoms with Crippen molar-refractivity contribution in [2.75, 3.05) is 19.5 Å². The molecule has 4 heteroatoms. The van der Waals surface area contributed by atoms with Gasteiger partial charge in [-0.2, -0.15) is 5.10 Å². The maximum atomic E-state index is 5.26. The normalized spacial score (nSPS) is 10.4. The van der Waals surface area contributed by atoms with Crippen LogP contribution >= 0.6 is 0 Å². The summed E-state index contributed by atoms with van der Waals surface area (Å²) in [5.41, 5.74) is 3.34. The van der Waals surface area contributed by atoms with Crippen molar-refractivity contribution in [3.8, 4) is 17.0 Å². The van der Waals surface area contributed by atoms with Gasteiger partial charge in [0.1, 0.15) is 11.6 Å². The molecule has 0 aliphatic rings. The number of hydrogen-bond acceptors (Lipinski definition) is 3. The van der Waals surface area contributed by atoms with E-state index in [1.165, 1.54) is 0 Å². The molecule has 1 N–H and O–H groups in total. The van der Waals surface area contributed by atoms with Crippen LogP contribution in [0.2, 0.25) is 0 Å². The molecule has 0 fully saturated rings. The lowest BCUT2D eigenvalue weighted by molar-refractivity contribution is 0.412. The minimum Gasteiger partial charge on any atom is -0.496 e. The number of rotatable bonds is 3. The first-order valence-corrected chi connectivity index (χ1v) is 5.52. The second kappa shape index (κ2) is 4.49. The molecule has 0 aliphatic heterocycles. The summed E-state index contributed by atoms with van der Waals surface area (Å²) in [7, 11) is 5.49. The lowest BCUT2D eigenvalue weighted by Gasteiger charge is -2.07.